The fraction of sp³-hybridized carbons (Fsp3) is 0.235. The third kappa shape index (κ3) is 2.45. The number of oxazole rings is 1. The van der Waals surface area contributed by atoms with Crippen molar-refractivity contribution in [2.75, 3.05) is 23.7 Å². The quantitative estimate of drug-likeness (QED) is 0.719. The van der Waals surface area contributed by atoms with Crippen molar-refractivity contribution in [1.82, 2.24) is 4.98 Å². The summed E-state index contributed by atoms with van der Waals surface area (Å²) in [5.74, 6) is 0.549. The van der Waals surface area contributed by atoms with Crippen LogP contribution in [0.1, 0.15) is 13.8 Å². The fourth-order valence-electron chi connectivity index (χ4n) is 2.55. The van der Waals surface area contributed by atoms with Crippen LogP contribution in [0.15, 0.2) is 40.8 Å². The number of hydrogen-bond donors (Lipinski definition) is 2. The molecule has 5 heteroatoms. The number of fused-ring (bicyclic) bond motifs is 1. The monoisotopic (exact) mass is 297 g/mol. The van der Waals surface area contributed by atoms with Gasteiger partial charge in [-0.05, 0) is 44.2 Å². The van der Waals surface area contributed by atoms with Gasteiger partial charge in [0.25, 0.3) is 0 Å². The Balaban J connectivity index is 2.03. The zero-order chi connectivity index (χ0) is 15.7. The minimum absolute atomic E-state index is 0.156. The number of phenolic OH excluding ortho intramolecular Hbond substituents is 1. The lowest BCUT2D eigenvalue weighted by Crippen LogP contribution is -2.21. The van der Waals surface area contributed by atoms with Crippen molar-refractivity contribution in [3.63, 3.8) is 0 Å². The Morgan fingerprint density at radius 3 is 2.59 bits per heavy atom. The molecule has 0 atom stereocenters. The molecule has 5 nitrogen and oxygen atoms in total. The van der Waals surface area contributed by atoms with E-state index in [1.165, 1.54) is 0 Å². The van der Waals surface area contributed by atoms with Gasteiger partial charge in [-0.3, -0.25) is 0 Å². The molecule has 0 spiro atoms. The van der Waals surface area contributed by atoms with Crippen molar-refractivity contribution in [1.29, 1.82) is 0 Å². The van der Waals surface area contributed by atoms with Gasteiger partial charge < -0.3 is 20.2 Å². The van der Waals surface area contributed by atoms with Gasteiger partial charge in [0, 0.05) is 30.5 Å². The van der Waals surface area contributed by atoms with E-state index in [1.807, 2.05) is 12.1 Å². The summed E-state index contributed by atoms with van der Waals surface area (Å²) in [6.07, 6.45) is 0. The van der Waals surface area contributed by atoms with Crippen LogP contribution < -0.4 is 10.6 Å². The molecule has 2 aromatic carbocycles. The van der Waals surface area contributed by atoms with Crippen molar-refractivity contribution < 1.29 is 9.52 Å². The molecule has 3 rings (SSSR count). The van der Waals surface area contributed by atoms with Crippen molar-refractivity contribution in [3.05, 3.63) is 36.4 Å². The molecule has 0 radical (unpaired) electrons. The Morgan fingerprint density at radius 2 is 1.91 bits per heavy atom. The first kappa shape index (κ1) is 14.3. The van der Waals surface area contributed by atoms with Crippen LogP contribution in [0.2, 0.25) is 0 Å². The van der Waals surface area contributed by atoms with Gasteiger partial charge in [-0.25, -0.2) is 4.98 Å². The molecule has 22 heavy (non-hydrogen) atoms. The molecule has 0 aliphatic heterocycles. The average Bonchev–Trinajstić information content (AvgIpc) is 2.91. The van der Waals surface area contributed by atoms with E-state index < -0.39 is 0 Å². The second-order valence-electron chi connectivity index (χ2n) is 5.12. The van der Waals surface area contributed by atoms with Gasteiger partial charge in [0.05, 0.1) is 5.56 Å². The molecule has 0 aliphatic carbocycles. The zero-order valence-corrected chi connectivity index (χ0v) is 12.7. The highest BCUT2D eigenvalue weighted by Crippen LogP contribution is 2.34. The number of rotatable bonds is 4. The summed E-state index contributed by atoms with van der Waals surface area (Å²) in [6, 6.07) is 10.8. The molecule has 3 aromatic rings. The molecule has 0 unspecified atom stereocenters. The first-order chi connectivity index (χ1) is 10.6. The molecule has 1 aromatic heterocycles. The predicted molar refractivity (Wildman–Crippen MR) is 89.1 cm³/mol. The number of benzene rings is 2. The summed E-state index contributed by atoms with van der Waals surface area (Å²) >= 11 is 0. The van der Waals surface area contributed by atoms with Gasteiger partial charge >= 0.3 is 0 Å². The lowest BCUT2D eigenvalue weighted by molar-refractivity contribution is 0.474. The number of nitrogens with two attached hydrogens (primary N) is 1. The van der Waals surface area contributed by atoms with Gasteiger partial charge in [0.15, 0.2) is 5.58 Å². The van der Waals surface area contributed by atoms with Crippen LogP contribution >= 0.6 is 0 Å². The lowest BCUT2D eigenvalue weighted by Gasteiger charge is -2.21. The number of hydrogen-bond acceptors (Lipinski definition) is 5. The van der Waals surface area contributed by atoms with E-state index in [4.69, 9.17) is 10.2 Å². The molecular weight excluding hydrogens is 278 g/mol. The Bertz CT molecular complexity index is 807. The fourth-order valence-corrected chi connectivity index (χ4v) is 2.55. The van der Waals surface area contributed by atoms with Crippen molar-refractivity contribution in [3.8, 4) is 17.2 Å². The molecule has 114 valence electrons. The third-order valence-electron chi connectivity index (χ3n) is 3.75. The Morgan fingerprint density at radius 1 is 1.14 bits per heavy atom. The second-order valence-corrected chi connectivity index (χ2v) is 5.12. The first-order valence-electron chi connectivity index (χ1n) is 7.36. The zero-order valence-electron chi connectivity index (χ0n) is 12.7. The van der Waals surface area contributed by atoms with Crippen LogP contribution in [-0.2, 0) is 0 Å². The summed E-state index contributed by atoms with van der Waals surface area (Å²) in [4.78, 5) is 6.56. The third-order valence-corrected chi connectivity index (χ3v) is 3.75. The van der Waals surface area contributed by atoms with E-state index in [0.29, 0.717) is 28.2 Å². The molecule has 0 aliphatic rings. The summed E-state index contributed by atoms with van der Waals surface area (Å²) in [7, 11) is 0. The van der Waals surface area contributed by atoms with E-state index in [2.05, 4.69) is 23.7 Å². The minimum Gasteiger partial charge on any atom is -0.507 e. The van der Waals surface area contributed by atoms with Crippen LogP contribution in [0.25, 0.3) is 22.6 Å². The number of nitrogens with zero attached hydrogens (tertiary/aromatic N) is 2. The van der Waals surface area contributed by atoms with Crippen LogP contribution in [0.5, 0.6) is 5.75 Å². The lowest BCUT2D eigenvalue weighted by atomic mass is 10.1. The van der Waals surface area contributed by atoms with Crippen LogP contribution in [0.4, 0.5) is 11.4 Å². The Labute approximate surface area is 129 Å². The van der Waals surface area contributed by atoms with Crippen molar-refractivity contribution in [2.45, 2.75) is 13.8 Å². The van der Waals surface area contributed by atoms with Crippen LogP contribution in [0, 0.1) is 0 Å². The summed E-state index contributed by atoms with van der Waals surface area (Å²) in [6.45, 7) is 5.94. The molecule has 3 N–H and O–H groups in total. The summed E-state index contributed by atoms with van der Waals surface area (Å²) in [5.41, 5.74) is 9.27. The smallest absolute Gasteiger partial charge is 0.231 e. The normalized spacial score (nSPS) is 11.0. The van der Waals surface area contributed by atoms with Crippen molar-refractivity contribution >= 4 is 22.5 Å². The van der Waals surface area contributed by atoms with Gasteiger partial charge in [-0.2, -0.15) is 0 Å². The Kier molecular flexibility index (Phi) is 3.63. The van der Waals surface area contributed by atoms with Crippen molar-refractivity contribution in [2.24, 2.45) is 0 Å². The number of aromatic nitrogens is 1. The number of phenols is 1. The topological polar surface area (TPSA) is 75.5 Å². The SMILES string of the molecule is CCN(CC)c1ccc(-c2nc3cc(N)ccc3o2)c(O)c1. The highest BCUT2D eigenvalue weighted by atomic mass is 16.3. The van der Waals surface area contributed by atoms with Crippen LogP contribution in [-0.4, -0.2) is 23.2 Å². The van der Waals surface area contributed by atoms with Gasteiger partial charge in [-0.1, -0.05) is 0 Å². The molecule has 0 amide bonds. The maximum atomic E-state index is 10.3. The molecular formula is C17H19N3O2. The highest BCUT2D eigenvalue weighted by molar-refractivity contribution is 5.80. The summed E-state index contributed by atoms with van der Waals surface area (Å²) in [5, 5.41) is 10.3. The summed E-state index contributed by atoms with van der Waals surface area (Å²) < 4.78 is 5.70. The number of anilines is 2. The van der Waals surface area contributed by atoms with Crippen LogP contribution in [0.3, 0.4) is 0 Å². The number of nitrogen functional groups attached to an aromatic ring is 1. The molecule has 0 bridgehead atoms. The van der Waals surface area contributed by atoms with E-state index in [0.717, 1.165) is 18.8 Å². The molecule has 0 saturated carbocycles. The average molecular weight is 297 g/mol. The molecule has 0 fully saturated rings. The van der Waals surface area contributed by atoms with E-state index >= 15 is 0 Å². The van der Waals surface area contributed by atoms with Gasteiger partial charge in [-0.15, -0.1) is 0 Å². The highest BCUT2D eigenvalue weighted by Gasteiger charge is 2.14. The van der Waals surface area contributed by atoms with Gasteiger partial charge in [0.2, 0.25) is 5.89 Å². The minimum atomic E-state index is 0.156. The second kappa shape index (κ2) is 5.60. The molecule has 1 heterocycles. The van der Waals surface area contributed by atoms with E-state index in [9.17, 15) is 5.11 Å². The Hall–Kier alpha value is -2.69. The molecule has 0 saturated heterocycles. The predicted octanol–water partition coefficient (Wildman–Crippen LogP) is 3.63. The number of aromatic hydroxyl groups is 1. The first-order valence-corrected chi connectivity index (χ1v) is 7.36. The van der Waals surface area contributed by atoms with Gasteiger partial charge in [0.1, 0.15) is 11.3 Å². The maximum Gasteiger partial charge on any atom is 0.231 e. The maximum absolute atomic E-state index is 10.3. The van der Waals surface area contributed by atoms with E-state index in [-0.39, 0.29) is 5.75 Å². The van der Waals surface area contributed by atoms with E-state index in [1.54, 1.807) is 24.3 Å². The standard InChI is InChI=1S/C17H19N3O2/c1-3-20(4-2)12-6-7-13(15(21)10-12)17-19-14-9-11(18)5-8-16(14)22-17/h5-10,21H,3-4,18H2,1-2H3. The largest absolute Gasteiger partial charge is 0.507 e.